The number of hydrogen-bond acceptors (Lipinski definition) is 2. The largest absolute Gasteiger partial charge is 0.506 e. The maximum Gasteiger partial charge on any atom is 0.506 e. The van der Waals surface area contributed by atoms with E-state index in [9.17, 15) is 13.2 Å². The van der Waals surface area contributed by atoms with Crippen molar-refractivity contribution in [3.8, 4) is 0 Å². The minimum Gasteiger partial charge on any atom is -0.422 e. The van der Waals surface area contributed by atoms with Crippen molar-refractivity contribution < 1.29 is 23.2 Å². The van der Waals surface area contributed by atoms with Crippen LogP contribution in [0.2, 0.25) is 0 Å². The summed E-state index contributed by atoms with van der Waals surface area (Å²) in [5.74, 6) is 0. The fraction of sp³-hybridized carbons (Fsp3) is 0.200. The van der Waals surface area contributed by atoms with Gasteiger partial charge in [0.15, 0.2) is 0 Å². The van der Waals surface area contributed by atoms with Gasteiger partial charge in [-0.3, -0.25) is 0 Å². The number of alkyl halides is 3. The van der Waals surface area contributed by atoms with E-state index in [1.54, 1.807) is 0 Å². The fourth-order valence-electron chi connectivity index (χ4n) is 0.843. The number of aromatic amines is 1. The number of halogens is 3. The van der Waals surface area contributed by atoms with Crippen molar-refractivity contribution in [2.24, 2.45) is 0 Å². The molecule has 0 unspecified atom stereocenters. The number of H-pyrrole nitrogens is 1. The van der Waals surface area contributed by atoms with Crippen molar-refractivity contribution in [2.75, 3.05) is 0 Å². The lowest BCUT2D eigenvalue weighted by atomic mass is 9.83. The average Bonchev–Trinajstić information content (AvgIpc) is 2.30. The molecular weight excluding hydrogens is 174 g/mol. The number of nitrogens with one attached hydrogen (secondary N) is 1. The molecule has 3 N–H and O–H groups in total. The number of aromatic nitrogens is 1. The number of rotatable bonds is 1. The lowest BCUT2D eigenvalue weighted by Gasteiger charge is -2.06. The first-order chi connectivity index (χ1) is 5.43. The fourth-order valence-corrected chi connectivity index (χ4v) is 0.843. The zero-order valence-electron chi connectivity index (χ0n) is 5.76. The summed E-state index contributed by atoms with van der Waals surface area (Å²) in [5, 5.41) is 17.0. The molecule has 66 valence electrons. The molecule has 0 radical (unpaired) electrons. The maximum atomic E-state index is 12.0. The van der Waals surface area contributed by atoms with Gasteiger partial charge in [-0.25, -0.2) is 0 Å². The Kier molecular flexibility index (Phi) is 2.16. The normalized spacial score (nSPS) is 11.8. The number of hydrogen-bond donors (Lipinski definition) is 3. The van der Waals surface area contributed by atoms with Crippen LogP contribution in [-0.4, -0.2) is 22.2 Å². The van der Waals surface area contributed by atoms with Gasteiger partial charge in [-0.2, -0.15) is 13.2 Å². The molecule has 0 aliphatic carbocycles. The minimum absolute atomic E-state index is 0.637. The van der Waals surface area contributed by atoms with Crippen LogP contribution in [0, 0.1) is 0 Å². The highest BCUT2D eigenvalue weighted by molar-refractivity contribution is 6.58. The molecule has 12 heavy (non-hydrogen) atoms. The smallest absolute Gasteiger partial charge is 0.422 e. The maximum absolute atomic E-state index is 12.0. The highest BCUT2D eigenvalue weighted by atomic mass is 19.4. The molecule has 1 heterocycles. The van der Waals surface area contributed by atoms with E-state index >= 15 is 0 Å². The van der Waals surface area contributed by atoms with Gasteiger partial charge in [0, 0.05) is 6.20 Å². The van der Waals surface area contributed by atoms with Gasteiger partial charge in [0.1, 0.15) is 0 Å². The van der Waals surface area contributed by atoms with Crippen molar-refractivity contribution in [2.45, 2.75) is 6.18 Å². The zero-order chi connectivity index (χ0) is 9.35. The third-order valence-electron chi connectivity index (χ3n) is 1.34. The summed E-state index contributed by atoms with van der Waals surface area (Å²) < 4.78 is 36.0. The zero-order valence-corrected chi connectivity index (χ0v) is 5.76. The van der Waals surface area contributed by atoms with Gasteiger partial charge in [0.2, 0.25) is 0 Å². The van der Waals surface area contributed by atoms with E-state index in [1.807, 2.05) is 0 Å². The van der Waals surface area contributed by atoms with Crippen LogP contribution >= 0.6 is 0 Å². The van der Waals surface area contributed by atoms with Gasteiger partial charge in [-0.05, 0) is 6.07 Å². The van der Waals surface area contributed by atoms with Crippen LogP contribution in [0.3, 0.4) is 0 Å². The molecule has 0 aliphatic heterocycles. The average molecular weight is 179 g/mol. The predicted octanol–water partition coefficient (Wildman–Crippen LogP) is -0.287. The van der Waals surface area contributed by atoms with E-state index in [2.05, 4.69) is 4.98 Å². The van der Waals surface area contributed by atoms with Crippen LogP contribution in [-0.2, 0) is 6.18 Å². The Morgan fingerprint density at radius 3 is 2.25 bits per heavy atom. The highest BCUT2D eigenvalue weighted by Gasteiger charge is 2.36. The molecular formula is C5H5BF3NO2. The Hall–Kier alpha value is -0.945. The van der Waals surface area contributed by atoms with E-state index in [-0.39, 0.29) is 0 Å². The lowest BCUT2D eigenvalue weighted by Crippen LogP contribution is -2.36. The van der Waals surface area contributed by atoms with E-state index in [4.69, 9.17) is 10.0 Å². The summed E-state index contributed by atoms with van der Waals surface area (Å²) in [6.07, 6.45) is -3.56. The molecule has 0 bridgehead atoms. The molecule has 0 atom stereocenters. The first-order valence-corrected chi connectivity index (χ1v) is 3.03. The molecule has 0 spiro atoms. The van der Waals surface area contributed by atoms with Gasteiger partial charge in [-0.1, -0.05) is 0 Å². The minimum atomic E-state index is -4.56. The standard InChI is InChI=1S/C5H5BF3NO2/c7-5(8,9)3-1-2-10-4(3)6(11)12/h1-2,10-12H. The molecule has 3 nitrogen and oxygen atoms in total. The second kappa shape index (κ2) is 2.83. The summed E-state index contributed by atoms with van der Waals surface area (Å²) >= 11 is 0. The molecule has 1 rings (SSSR count). The topological polar surface area (TPSA) is 56.2 Å². The quantitative estimate of drug-likeness (QED) is 0.519. The summed E-state index contributed by atoms with van der Waals surface area (Å²) in [5.41, 5.74) is -1.69. The SMILES string of the molecule is OB(O)c1[nH]ccc1C(F)(F)F. The molecule has 1 aromatic rings. The first-order valence-electron chi connectivity index (χ1n) is 3.03. The Labute approximate surface area is 66.0 Å². The summed E-state index contributed by atoms with van der Waals surface area (Å²) in [6, 6.07) is 0.745. The summed E-state index contributed by atoms with van der Waals surface area (Å²) in [7, 11) is -2.13. The molecule has 0 aromatic carbocycles. The third kappa shape index (κ3) is 1.62. The van der Waals surface area contributed by atoms with Crippen molar-refractivity contribution in [3.63, 3.8) is 0 Å². The van der Waals surface area contributed by atoms with Crippen LogP contribution in [0.25, 0.3) is 0 Å². The van der Waals surface area contributed by atoms with E-state index in [0.29, 0.717) is 0 Å². The molecule has 0 amide bonds. The third-order valence-corrected chi connectivity index (χ3v) is 1.34. The Bertz CT molecular complexity index is 270. The van der Waals surface area contributed by atoms with Gasteiger partial charge in [0.25, 0.3) is 0 Å². The van der Waals surface area contributed by atoms with Crippen LogP contribution in [0.5, 0.6) is 0 Å². The second-order valence-corrected chi connectivity index (χ2v) is 2.18. The lowest BCUT2D eigenvalue weighted by molar-refractivity contribution is -0.136. The second-order valence-electron chi connectivity index (χ2n) is 2.18. The van der Waals surface area contributed by atoms with Gasteiger partial charge >= 0.3 is 13.3 Å². The molecule has 7 heteroatoms. The van der Waals surface area contributed by atoms with Crippen LogP contribution in [0.1, 0.15) is 5.56 Å². The van der Waals surface area contributed by atoms with Gasteiger partial charge < -0.3 is 15.0 Å². The first kappa shape index (κ1) is 9.15. The molecule has 0 saturated carbocycles. The monoisotopic (exact) mass is 179 g/mol. The van der Waals surface area contributed by atoms with Crippen LogP contribution in [0.4, 0.5) is 13.2 Å². The van der Waals surface area contributed by atoms with Crippen molar-refractivity contribution in [3.05, 3.63) is 17.8 Å². The van der Waals surface area contributed by atoms with E-state index < -0.39 is 24.5 Å². The van der Waals surface area contributed by atoms with Crippen molar-refractivity contribution >= 4 is 12.7 Å². The summed E-state index contributed by atoms with van der Waals surface area (Å²) in [6.45, 7) is 0. The van der Waals surface area contributed by atoms with Crippen molar-refractivity contribution in [1.82, 2.24) is 4.98 Å². The molecule has 0 aliphatic rings. The Balaban J connectivity index is 3.08. The molecule has 0 fully saturated rings. The van der Waals surface area contributed by atoms with Crippen molar-refractivity contribution in [1.29, 1.82) is 0 Å². The molecule has 0 saturated heterocycles. The van der Waals surface area contributed by atoms with Crippen LogP contribution < -0.4 is 5.59 Å². The van der Waals surface area contributed by atoms with Gasteiger partial charge in [-0.15, -0.1) is 0 Å². The van der Waals surface area contributed by atoms with Gasteiger partial charge in [0.05, 0.1) is 11.2 Å². The Morgan fingerprint density at radius 1 is 1.33 bits per heavy atom. The molecule has 1 aromatic heterocycles. The summed E-state index contributed by atoms with van der Waals surface area (Å²) in [4.78, 5) is 2.09. The van der Waals surface area contributed by atoms with Crippen LogP contribution in [0.15, 0.2) is 12.3 Å². The van der Waals surface area contributed by atoms with E-state index in [1.165, 1.54) is 0 Å². The van der Waals surface area contributed by atoms with E-state index in [0.717, 1.165) is 12.3 Å². The predicted molar refractivity (Wildman–Crippen MR) is 35.6 cm³/mol. The Morgan fingerprint density at radius 2 is 1.92 bits per heavy atom. The highest BCUT2D eigenvalue weighted by Crippen LogP contribution is 2.27.